The first-order valence-electron chi connectivity index (χ1n) is 13.8. The van der Waals surface area contributed by atoms with Crippen molar-refractivity contribution >= 4 is 17.0 Å². The number of nitrogens with one attached hydrogen (secondary N) is 1. The molecule has 39 heavy (non-hydrogen) atoms. The number of halogens is 1. The van der Waals surface area contributed by atoms with Gasteiger partial charge in [0.2, 0.25) is 0 Å². The minimum atomic E-state index is -0.199. The van der Waals surface area contributed by atoms with Gasteiger partial charge in [-0.15, -0.1) is 11.3 Å². The molecule has 2 atom stereocenters. The lowest BCUT2D eigenvalue weighted by Crippen LogP contribution is -2.45. The van der Waals surface area contributed by atoms with Gasteiger partial charge in [-0.25, -0.2) is 9.37 Å². The zero-order valence-corrected chi connectivity index (χ0v) is 24.4. The highest BCUT2D eigenvalue weighted by Gasteiger charge is 2.38. The van der Waals surface area contributed by atoms with Gasteiger partial charge in [0, 0.05) is 42.3 Å². The molecular formula is C33H39FN4S. The smallest absolute Gasteiger partial charge is 0.132 e. The first-order valence-corrected chi connectivity index (χ1v) is 14.7. The molecule has 3 aromatic rings. The minimum Gasteiger partial charge on any atom is -0.383 e. The zero-order chi connectivity index (χ0) is 27.8. The Kier molecular flexibility index (Phi) is 7.68. The Morgan fingerprint density at radius 3 is 2.67 bits per heavy atom. The molecule has 0 saturated carbocycles. The first-order chi connectivity index (χ1) is 18.7. The van der Waals surface area contributed by atoms with E-state index in [0.29, 0.717) is 12.1 Å². The number of aromatic nitrogens is 1. The van der Waals surface area contributed by atoms with Gasteiger partial charge >= 0.3 is 0 Å². The highest BCUT2D eigenvalue weighted by Crippen LogP contribution is 2.40. The number of benzene rings is 2. The third kappa shape index (κ3) is 5.14. The molecule has 4 nitrogen and oxygen atoms in total. The Balaban J connectivity index is 1.28. The van der Waals surface area contributed by atoms with E-state index in [9.17, 15) is 4.39 Å². The third-order valence-electron chi connectivity index (χ3n) is 8.26. The molecule has 1 fully saturated rings. The number of likely N-dealkylation sites (tertiary alicyclic amines) is 1. The molecule has 0 aliphatic carbocycles. The molecule has 6 heteroatoms. The van der Waals surface area contributed by atoms with Crippen molar-refractivity contribution in [3.63, 3.8) is 0 Å². The summed E-state index contributed by atoms with van der Waals surface area (Å²) in [5.41, 5.74) is 11.2. The maximum atomic E-state index is 14.7. The van der Waals surface area contributed by atoms with E-state index in [2.05, 4.69) is 85.7 Å². The second-order valence-electron chi connectivity index (χ2n) is 11.2. The molecule has 0 spiro atoms. The van der Waals surface area contributed by atoms with Crippen LogP contribution in [0.15, 0.2) is 73.0 Å². The van der Waals surface area contributed by atoms with Gasteiger partial charge in [-0.3, -0.25) is 0 Å². The van der Waals surface area contributed by atoms with E-state index in [1.165, 1.54) is 27.6 Å². The summed E-state index contributed by atoms with van der Waals surface area (Å²) >= 11 is 1.68. The standard InChI is InChI=1S/C33H39FN4S/c1-20(2)32(38-18-28-10-8-11-29(34)31(28)24(38)6)25(7)37-15-9-12-30(37)22(4)35-17-27-14-13-26(16-21(27)3)33-23(5)36-19-39-33/h8,10-11,13-14,16,19-20,30,32,35H,4,6-7,9,12,15,17-18H2,1-3,5H3. The molecule has 2 aromatic carbocycles. The van der Waals surface area contributed by atoms with Crippen LogP contribution < -0.4 is 5.32 Å². The van der Waals surface area contributed by atoms with Gasteiger partial charge in [-0.05, 0) is 60.9 Å². The summed E-state index contributed by atoms with van der Waals surface area (Å²) in [7, 11) is 0. The fraction of sp³-hybridized carbons (Fsp3) is 0.364. The molecule has 2 unspecified atom stereocenters. The van der Waals surface area contributed by atoms with Crippen LogP contribution in [0.2, 0.25) is 0 Å². The minimum absolute atomic E-state index is 0.0303. The van der Waals surface area contributed by atoms with Gasteiger partial charge in [0.05, 0.1) is 28.2 Å². The average Bonchev–Trinajstić information content (AvgIpc) is 3.63. The van der Waals surface area contributed by atoms with E-state index >= 15 is 0 Å². The molecule has 1 N–H and O–H groups in total. The van der Waals surface area contributed by atoms with Gasteiger partial charge in [-0.2, -0.15) is 0 Å². The number of nitrogens with zero attached hydrogens (tertiary/aromatic N) is 3. The summed E-state index contributed by atoms with van der Waals surface area (Å²) in [6.07, 6.45) is 2.13. The average molecular weight is 543 g/mol. The van der Waals surface area contributed by atoms with E-state index in [-0.39, 0.29) is 23.8 Å². The van der Waals surface area contributed by atoms with Crippen molar-refractivity contribution < 1.29 is 4.39 Å². The monoisotopic (exact) mass is 542 g/mol. The first kappa shape index (κ1) is 27.2. The number of rotatable bonds is 9. The van der Waals surface area contributed by atoms with Gasteiger partial charge in [0.25, 0.3) is 0 Å². The highest BCUT2D eigenvalue weighted by molar-refractivity contribution is 7.13. The second-order valence-corrected chi connectivity index (χ2v) is 12.0. The Labute approximate surface area is 236 Å². The largest absolute Gasteiger partial charge is 0.383 e. The molecule has 2 aliphatic rings. The van der Waals surface area contributed by atoms with Crippen molar-refractivity contribution in [1.82, 2.24) is 20.1 Å². The fourth-order valence-electron chi connectivity index (χ4n) is 6.22. The van der Waals surface area contributed by atoms with E-state index in [1.54, 1.807) is 17.4 Å². The Morgan fingerprint density at radius 1 is 1.21 bits per heavy atom. The SMILES string of the molecule is C=C(NCc1ccc(-c2scnc2C)cc1C)C1CCCN1C(=C)C(C(C)C)N1Cc2cccc(F)c2C1=C. The van der Waals surface area contributed by atoms with Crippen molar-refractivity contribution in [3.05, 3.63) is 107 Å². The zero-order valence-electron chi connectivity index (χ0n) is 23.6. The number of hydrogen-bond donors (Lipinski definition) is 1. The molecule has 0 amide bonds. The number of aryl methyl sites for hydroxylation is 2. The number of hydrogen-bond acceptors (Lipinski definition) is 5. The molecule has 0 radical (unpaired) electrons. The number of thiazole rings is 1. The molecule has 5 rings (SSSR count). The lowest BCUT2D eigenvalue weighted by molar-refractivity contribution is 0.206. The topological polar surface area (TPSA) is 31.4 Å². The second kappa shape index (κ2) is 11.0. The quantitative estimate of drug-likeness (QED) is 0.301. The molecule has 3 heterocycles. The van der Waals surface area contributed by atoms with E-state index < -0.39 is 0 Å². The van der Waals surface area contributed by atoms with Crippen LogP contribution in [-0.2, 0) is 13.1 Å². The van der Waals surface area contributed by atoms with Crippen LogP contribution in [0.25, 0.3) is 16.1 Å². The summed E-state index contributed by atoms with van der Waals surface area (Å²) in [4.78, 5) is 10.3. The number of fused-ring (bicyclic) bond motifs is 1. The van der Waals surface area contributed by atoms with Gasteiger partial charge in [-0.1, -0.05) is 63.9 Å². The van der Waals surface area contributed by atoms with Crippen molar-refractivity contribution in [1.29, 1.82) is 0 Å². The normalized spacial score (nSPS) is 17.6. The van der Waals surface area contributed by atoms with Crippen LogP contribution in [0.5, 0.6) is 0 Å². The predicted molar refractivity (Wildman–Crippen MR) is 161 cm³/mol. The molecule has 2 aliphatic heterocycles. The van der Waals surface area contributed by atoms with Crippen LogP contribution in [0.1, 0.15) is 54.6 Å². The van der Waals surface area contributed by atoms with Gasteiger partial charge in [0.1, 0.15) is 5.82 Å². The van der Waals surface area contributed by atoms with E-state index in [4.69, 9.17) is 0 Å². The lowest BCUT2D eigenvalue weighted by atomic mass is 9.97. The van der Waals surface area contributed by atoms with E-state index in [0.717, 1.165) is 54.3 Å². The summed E-state index contributed by atoms with van der Waals surface area (Å²) in [5.74, 6) is 0.0905. The summed E-state index contributed by atoms with van der Waals surface area (Å²) in [6, 6.07) is 12.2. The Bertz CT molecular complexity index is 1420. The Hall–Kier alpha value is -3.38. The predicted octanol–water partition coefficient (Wildman–Crippen LogP) is 7.66. The summed E-state index contributed by atoms with van der Waals surface area (Å²) in [6.45, 7) is 24.3. The Morgan fingerprint density at radius 2 is 2.00 bits per heavy atom. The van der Waals surface area contributed by atoms with Gasteiger partial charge < -0.3 is 15.1 Å². The summed E-state index contributed by atoms with van der Waals surface area (Å²) in [5, 5.41) is 3.63. The fourth-order valence-corrected chi connectivity index (χ4v) is 7.02. The van der Waals surface area contributed by atoms with Crippen molar-refractivity contribution in [2.24, 2.45) is 5.92 Å². The van der Waals surface area contributed by atoms with Crippen LogP contribution in [0.4, 0.5) is 4.39 Å². The van der Waals surface area contributed by atoms with Crippen molar-refractivity contribution in [2.75, 3.05) is 6.54 Å². The maximum absolute atomic E-state index is 14.7. The van der Waals surface area contributed by atoms with Crippen molar-refractivity contribution in [3.8, 4) is 10.4 Å². The molecule has 204 valence electrons. The lowest BCUT2D eigenvalue weighted by Gasteiger charge is -2.41. The third-order valence-corrected chi connectivity index (χ3v) is 9.24. The van der Waals surface area contributed by atoms with Crippen molar-refractivity contribution in [2.45, 2.75) is 65.7 Å². The highest BCUT2D eigenvalue weighted by atomic mass is 32.1. The van der Waals surface area contributed by atoms with Crippen LogP contribution in [-0.4, -0.2) is 33.4 Å². The molecule has 0 bridgehead atoms. The van der Waals surface area contributed by atoms with Crippen LogP contribution in [0.3, 0.4) is 0 Å². The maximum Gasteiger partial charge on any atom is 0.132 e. The van der Waals surface area contributed by atoms with Gasteiger partial charge in [0.15, 0.2) is 0 Å². The van der Waals surface area contributed by atoms with Crippen LogP contribution >= 0.6 is 11.3 Å². The van der Waals surface area contributed by atoms with Crippen LogP contribution in [0, 0.1) is 25.6 Å². The van der Waals surface area contributed by atoms with E-state index in [1.807, 2.05) is 11.6 Å². The summed E-state index contributed by atoms with van der Waals surface area (Å²) < 4.78 is 14.7. The molecule has 1 aromatic heterocycles. The molecule has 1 saturated heterocycles. The molecular weight excluding hydrogens is 503 g/mol.